The smallest absolute Gasteiger partial charge is 0.414 e. The Hall–Kier alpha value is -3.10. The number of nitrogens with one attached hydrogen (secondary N) is 1. The van der Waals surface area contributed by atoms with Crippen molar-refractivity contribution >= 4 is 30.3 Å². The zero-order valence-electron chi connectivity index (χ0n) is 16.7. The molecule has 0 aromatic heterocycles. The Labute approximate surface area is 181 Å². The molecule has 3 rings (SSSR count). The molecule has 8 nitrogen and oxygen atoms in total. The van der Waals surface area contributed by atoms with Gasteiger partial charge in [-0.1, -0.05) is 18.2 Å². The van der Waals surface area contributed by atoms with Gasteiger partial charge < -0.3 is 19.7 Å². The predicted octanol–water partition coefficient (Wildman–Crippen LogP) is 4.20. The topological polar surface area (TPSA) is 93.9 Å². The number of carbonyl (C=O) groups is 1. The molecule has 1 heterocycles. The zero-order chi connectivity index (χ0) is 20.8. The molecule has 0 spiro atoms. The molecule has 1 N–H and O–H groups in total. The van der Waals surface area contributed by atoms with E-state index in [0.717, 1.165) is 11.1 Å². The fourth-order valence-corrected chi connectivity index (χ4v) is 2.99. The molecule has 0 radical (unpaired) electrons. The standard InChI is InChI=1S/C21H23N3O5.ClH/c1-23(2)21(25)29-18-9-10-19-15(14-18)4-3-12-22-20(19)11-13-28-17-7-5-16(6-8-17)24(26)27;/h3-10,14,20,22H,11-13H2,1-2H3;1H/t20-;/m1./s1. The highest BCUT2D eigenvalue weighted by molar-refractivity contribution is 5.85. The molecular formula is C21H24ClN3O5. The van der Waals surface area contributed by atoms with Gasteiger partial charge in [0.25, 0.3) is 5.69 Å². The number of amides is 1. The van der Waals surface area contributed by atoms with E-state index in [1.54, 1.807) is 32.3 Å². The lowest BCUT2D eigenvalue weighted by molar-refractivity contribution is -0.384. The van der Waals surface area contributed by atoms with E-state index in [-0.39, 0.29) is 24.1 Å². The number of ether oxygens (including phenoxy) is 2. The van der Waals surface area contributed by atoms with Crippen LogP contribution in [-0.2, 0) is 0 Å². The molecule has 2 aromatic rings. The molecule has 0 aliphatic carbocycles. The van der Waals surface area contributed by atoms with E-state index < -0.39 is 11.0 Å². The van der Waals surface area contributed by atoms with Crippen molar-refractivity contribution in [3.63, 3.8) is 0 Å². The van der Waals surface area contributed by atoms with Gasteiger partial charge in [0.15, 0.2) is 0 Å². The fourth-order valence-electron chi connectivity index (χ4n) is 2.99. The van der Waals surface area contributed by atoms with Gasteiger partial charge in [-0.2, -0.15) is 0 Å². The van der Waals surface area contributed by atoms with Crippen LogP contribution in [0, 0.1) is 10.1 Å². The van der Waals surface area contributed by atoms with Crippen LogP contribution >= 0.6 is 12.4 Å². The van der Waals surface area contributed by atoms with Crippen molar-refractivity contribution in [2.45, 2.75) is 12.5 Å². The van der Waals surface area contributed by atoms with E-state index in [2.05, 4.69) is 5.32 Å². The molecular weight excluding hydrogens is 410 g/mol. The van der Waals surface area contributed by atoms with E-state index in [1.165, 1.54) is 17.0 Å². The van der Waals surface area contributed by atoms with Crippen LogP contribution in [0.3, 0.4) is 0 Å². The predicted molar refractivity (Wildman–Crippen MR) is 116 cm³/mol. The average Bonchev–Trinajstić information content (AvgIpc) is 2.90. The van der Waals surface area contributed by atoms with Crippen LogP contribution in [0.25, 0.3) is 6.08 Å². The van der Waals surface area contributed by atoms with Gasteiger partial charge >= 0.3 is 6.09 Å². The van der Waals surface area contributed by atoms with E-state index in [1.807, 2.05) is 24.3 Å². The summed E-state index contributed by atoms with van der Waals surface area (Å²) in [6, 6.07) is 11.7. The number of benzene rings is 2. The van der Waals surface area contributed by atoms with Gasteiger partial charge in [-0.3, -0.25) is 10.1 Å². The number of nitrogens with zero attached hydrogens (tertiary/aromatic N) is 2. The van der Waals surface area contributed by atoms with Gasteiger partial charge in [0.2, 0.25) is 0 Å². The number of fused-ring (bicyclic) bond motifs is 1. The van der Waals surface area contributed by atoms with Gasteiger partial charge in [0.1, 0.15) is 11.5 Å². The summed E-state index contributed by atoms with van der Waals surface area (Å²) in [6.07, 6.45) is 4.32. The van der Waals surface area contributed by atoms with Crippen LogP contribution in [0.1, 0.15) is 23.6 Å². The van der Waals surface area contributed by atoms with Crippen molar-refractivity contribution in [3.8, 4) is 11.5 Å². The van der Waals surface area contributed by atoms with Crippen molar-refractivity contribution < 1.29 is 19.2 Å². The Kier molecular flexibility index (Phi) is 8.20. The van der Waals surface area contributed by atoms with Crippen molar-refractivity contribution in [1.82, 2.24) is 10.2 Å². The number of halogens is 1. The van der Waals surface area contributed by atoms with Crippen molar-refractivity contribution in [1.29, 1.82) is 0 Å². The molecule has 2 aromatic carbocycles. The number of hydrogen-bond acceptors (Lipinski definition) is 6. The summed E-state index contributed by atoms with van der Waals surface area (Å²) in [4.78, 5) is 23.4. The molecule has 1 amide bonds. The summed E-state index contributed by atoms with van der Waals surface area (Å²) in [5.41, 5.74) is 2.11. The van der Waals surface area contributed by atoms with Crippen molar-refractivity contribution in [3.05, 3.63) is 69.8 Å². The first-order valence-corrected chi connectivity index (χ1v) is 9.24. The van der Waals surface area contributed by atoms with E-state index >= 15 is 0 Å². The third-order valence-corrected chi connectivity index (χ3v) is 4.51. The molecule has 160 valence electrons. The Morgan fingerprint density at radius 1 is 1.20 bits per heavy atom. The summed E-state index contributed by atoms with van der Waals surface area (Å²) in [6.45, 7) is 1.16. The third-order valence-electron chi connectivity index (χ3n) is 4.51. The molecule has 1 aliphatic heterocycles. The molecule has 1 aliphatic rings. The first-order valence-electron chi connectivity index (χ1n) is 9.24. The largest absolute Gasteiger partial charge is 0.494 e. The van der Waals surface area contributed by atoms with Crippen LogP contribution in [-0.4, -0.2) is 43.2 Å². The van der Waals surface area contributed by atoms with Crippen molar-refractivity contribution in [2.75, 3.05) is 27.2 Å². The summed E-state index contributed by atoms with van der Waals surface area (Å²) >= 11 is 0. The second-order valence-electron chi connectivity index (χ2n) is 6.80. The molecule has 30 heavy (non-hydrogen) atoms. The zero-order valence-corrected chi connectivity index (χ0v) is 17.6. The number of nitro benzene ring substituents is 1. The summed E-state index contributed by atoms with van der Waals surface area (Å²) in [5, 5.41) is 14.2. The average molecular weight is 434 g/mol. The molecule has 0 bridgehead atoms. The van der Waals surface area contributed by atoms with Gasteiger partial charge in [-0.25, -0.2) is 4.79 Å². The highest BCUT2D eigenvalue weighted by Gasteiger charge is 2.18. The second kappa shape index (κ2) is 10.6. The van der Waals surface area contributed by atoms with Crippen LogP contribution in [0.4, 0.5) is 10.5 Å². The fraction of sp³-hybridized carbons (Fsp3) is 0.286. The second-order valence-corrected chi connectivity index (χ2v) is 6.80. The van der Waals surface area contributed by atoms with E-state index in [9.17, 15) is 14.9 Å². The number of nitro groups is 1. The Morgan fingerprint density at radius 3 is 2.57 bits per heavy atom. The van der Waals surface area contributed by atoms with Gasteiger partial charge in [0.05, 0.1) is 11.5 Å². The van der Waals surface area contributed by atoms with Crippen LogP contribution in [0.2, 0.25) is 0 Å². The molecule has 0 saturated carbocycles. The normalized spacial score (nSPS) is 14.7. The maximum absolute atomic E-state index is 11.8. The Bertz CT molecular complexity index is 915. The maximum atomic E-state index is 11.8. The maximum Gasteiger partial charge on any atom is 0.414 e. The quantitative estimate of drug-likeness (QED) is 0.542. The van der Waals surface area contributed by atoms with E-state index in [4.69, 9.17) is 9.47 Å². The monoisotopic (exact) mass is 433 g/mol. The minimum Gasteiger partial charge on any atom is -0.494 e. The lowest BCUT2D eigenvalue weighted by Gasteiger charge is -2.20. The molecule has 1 atom stereocenters. The minimum atomic E-state index is -0.437. The number of carbonyl (C=O) groups excluding carboxylic acids is 1. The molecule has 0 saturated heterocycles. The first-order chi connectivity index (χ1) is 13.9. The lowest BCUT2D eigenvalue weighted by atomic mass is 9.98. The Morgan fingerprint density at radius 2 is 1.90 bits per heavy atom. The molecule has 0 fully saturated rings. The van der Waals surface area contributed by atoms with Gasteiger partial charge in [-0.05, 0) is 35.4 Å². The molecule has 9 heteroatoms. The Balaban J connectivity index is 0.00000320. The van der Waals surface area contributed by atoms with Crippen LogP contribution < -0.4 is 14.8 Å². The van der Waals surface area contributed by atoms with Crippen LogP contribution in [0.15, 0.2) is 48.5 Å². The third kappa shape index (κ3) is 5.95. The first kappa shape index (κ1) is 23.2. The lowest BCUT2D eigenvalue weighted by Crippen LogP contribution is -2.25. The van der Waals surface area contributed by atoms with E-state index in [0.29, 0.717) is 31.1 Å². The summed E-state index contributed by atoms with van der Waals surface area (Å²) < 4.78 is 11.1. The van der Waals surface area contributed by atoms with Crippen molar-refractivity contribution in [2.24, 2.45) is 0 Å². The summed E-state index contributed by atoms with van der Waals surface area (Å²) in [5.74, 6) is 1.09. The highest BCUT2D eigenvalue weighted by atomic mass is 35.5. The number of rotatable bonds is 6. The molecule has 0 unspecified atom stereocenters. The van der Waals surface area contributed by atoms with Crippen LogP contribution in [0.5, 0.6) is 11.5 Å². The summed E-state index contributed by atoms with van der Waals surface area (Å²) in [7, 11) is 3.27. The highest BCUT2D eigenvalue weighted by Crippen LogP contribution is 2.28. The number of non-ortho nitro benzene ring substituents is 1. The number of hydrogen-bond donors (Lipinski definition) is 1. The SMILES string of the molecule is CN(C)C(=O)Oc1ccc2c(c1)C=CCN[C@@H]2CCOc1ccc([N+](=O)[O-])cc1.Cl. The minimum absolute atomic E-state index is 0. The van der Waals surface area contributed by atoms with Gasteiger partial charge in [-0.15, -0.1) is 12.4 Å². The van der Waals surface area contributed by atoms with Gasteiger partial charge in [0, 0.05) is 45.2 Å².